The first-order valence-electron chi connectivity index (χ1n) is 15.7. The van der Waals surface area contributed by atoms with Gasteiger partial charge in [0.1, 0.15) is 42.9 Å². The van der Waals surface area contributed by atoms with Crippen LogP contribution in [0.15, 0.2) is 23.8 Å². The highest BCUT2D eigenvalue weighted by Gasteiger charge is 2.69. The molecule has 1 spiro atoms. The minimum Gasteiger partial charge on any atom is -0.542 e. The van der Waals surface area contributed by atoms with Crippen LogP contribution in [0, 0.1) is 29.6 Å². The summed E-state index contributed by atoms with van der Waals surface area (Å²) in [5.74, 6) is -3.67. The van der Waals surface area contributed by atoms with Crippen LogP contribution in [0.25, 0.3) is 0 Å². The molecule has 0 radical (unpaired) electrons. The van der Waals surface area contributed by atoms with E-state index < -0.39 is 48.1 Å². The van der Waals surface area contributed by atoms with Crippen molar-refractivity contribution in [3.05, 3.63) is 23.8 Å². The first-order chi connectivity index (χ1) is 20.6. The Morgan fingerprint density at radius 1 is 1.27 bits per heavy atom. The maximum absolute atomic E-state index is 13.1. The number of carbonyl (C=O) groups is 2. The van der Waals surface area contributed by atoms with E-state index in [9.17, 15) is 28.2 Å². The van der Waals surface area contributed by atoms with Crippen LogP contribution in [-0.2, 0) is 23.8 Å². The molecule has 0 aromatic heterocycles. The van der Waals surface area contributed by atoms with E-state index in [0.717, 1.165) is 18.7 Å². The molecule has 12 atom stereocenters. The number of aliphatic hydroxyl groups excluding tert-OH is 2. The number of nitrogens with two attached hydrogens (primary N) is 1. The lowest BCUT2D eigenvalue weighted by Crippen LogP contribution is -3.13. The van der Waals surface area contributed by atoms with Crippen LogP contribution in [0.3, 0.4) is 0 Å². The Kier molecular flexibility index (Phi) is 10.9. The predicted molar refractivity (Wildman–Crippen MR) is 149 cm³/mol. The number of esters is 1. The maximum atomic E-state index is 13.1. The third-order valence-electron chi connectivity index (χ3n) is 10.5. The molecule has 0 amide bonds. The van der Waals surface area contributed by atoms with Crippen molar-refractivity contribution in [3.8, 4) is 0 Å². The lowest BCUT2D eigenvalue weighted by atomic mass is 9.57. The average Bonchev–Trinajstić information content (AvgIpc) is 3.53. The van der Waals surface area contributed by atoms with E-state index in [2.05, 4.69) is 37.4 Å². The van der Waals surface area contributed by atoms with Crippen LogP contribution in [-0.4, -0.2) is 104 Å². The zero-order chi connectivity index (χ0) is 32.6. The average molecular weight is 634 g/mol. The Hall–Kier alpha value is -2.03. The maximum Gasteiger partial charge on any atom is 0.430 e. The van der Waals surface area contributed by atoms with Crippen LogP contribution in [0.1, 0.15) is 47.0 Å². The number of likely N-dealkylation sites (tertiary alicyclic amines) is 1. The summed E-state index contributed by atoms with van der Waals surface area (Å²) in [6.07, 6.45) is 1.63. The summed E-state index contributed by atoms with van der Waals surface area (Å²) in [5, 5.41) is 33.5. The minimum atomic E-state index is -5.19. The molecular formula is C31H48F3N2O8+. The number of halogens is 3. The highest BCUT2D eigenvalue weighted by Crippen LogP contribution is 2.60. The second-order valence-corrected chi connectivity index (χ2v) is 13.2. The van der Waals surface area contributed by atoms with Gasteiger partial charge in [0.25, 0.3) is 0 Å². The number of carboxylic acids is 1. The number of alkyl halides is 3. The van der Waals surface area contributed by atoms with Crippen LogP contribution in [0.2, 0.25) is 0 Å². The smallest absolute Gasteiger partial charge is 0.430 e. The van der Waals surface area contributed by atoms with Crippen molar-refractivity contribution in [2.45, 2.75) is 95.3 Å². The molecule has 3 heterocycles. The molecule has 250 valence electrons. The highest BCUT2D eigenvalue weighted by atomic mass is 19.4. The van der Waals surface area contributed by atoms with Gasteiger partial charge in [0.05, 0.1) is 25.3 Å². The number of carboxylic acid groups (broad SMARTS) is 1. The molecule has 10 nitrogen and oxygen atoms in total. The van der Waals surface area contributed by atoms with Gasteiger partial charge in [-0.1, -0.05) is 32.1 Å². The Morgan fingerprint density at radius 3 is 2.48 bits per heavy atom. The molecule has 5 aliphatic rings. The molecule has 0 aromatic carbocycles. The van der Waals surface area contributed by atoms with E-state index in [0.29, 0.717) is 6.42 Å². The van der Waals surface area contributed by atoms with E-state index in [1.54, 1.807) is 11.8 Å². The number of hydrogen-bond acceptors (Lipinski definition) is 8. The molecule has 2 aliphatic carbocycles. The van der Waals surface area contributed by atoms with Crippen molar-refractivity contribution in [1.82, 2.24) is 0 Å². The third kappa shape index (κ3) is 6.73. The molecule has 5 N–H and O–H groups in total. The van der Waals surface area contributed by atoms with Gasteiger partial charge in [-0.3, -0.25) is 0 Å². The SMILES string of the molecule is CO[C@H]1C[C@H]2C=C[C@H]3[C@H]4O[C@]2(/C(C)=C/[C@@H](C)[C@@H]([C@@H](C)O)OC1=O)[C@@H]3[C@H](O)C(C)[C@@H]4[NH2+]CC[NH+]1CCCC1.O=C([O-])C(F)(F)F. The Balaban J connectivity index is 0.000000566. The van der Waals surface area contributed by atoms with Crippen molar-refractivity contribution in [2.24, 2.45) is 29.6 Å². The van der Waals surface area contributed by atoms with Crippen molar-refractivity contribution < 1.29 is 62.5 Å². The molecule has 4 bridgehead atoms. The van der Waals surface area contributed by atoms with Crippen molar-refractivity contribution in [3.63, 3.8) is 0 Å². The molecular weight excluding hydrogens is 585 g/mol. The summed E-state index contributed by atoms with van der Waals surface area (Å²) in [6, 6.07) is 0.176. The standard InChI is InChI=1S/C29H46N2O6.C2HF3O2/c1-16-14-17(2)29-20(15-22(35-5)28(34)36-26(16)19(4)32)8-9-21-23(29)25(33)18(3)24(27(21)37-29)30-10-13-31-11-6-7-12-31;3-2(4,5)1(6)7/h8-9,14,16,18-27,30,32-33H,6-7,10-13,15H2,1-5H3;(H,6,7)/p+1/b17-14+;/t16-,18?,19-,20-,21-,22+,23+,24+,25-,26+,27-,29+;/m1./s1. The topological polar surface area (TPSA) is 146 Å². The summed E-state index contributed by atoms with van der Waals surface area (Å²) >= 11 is 0. The lowest BCUT2D eigenvalue weighted by molar-refractivity contribution is -0.903. The van der Waals surface area contributed by atoms with E-state index in [1.807, 2.05) is 6.92 Å². The number of ether oxygens (including phenoxy) is 3. The van der Waals surface area contributed by atoms with E-state index >= 15 is 0 Å². The molecule has 1 unspecified atom stereocenters. The van der Waals surface area contributed by atoms with Gasteiger partial charge in [-0.05, 0) is 25.8 Å². The van der Waals surface area contributed by atoms with Crippen LogP contribution < -0.4 is 15.3 Å². The van der Waals surface area contributed by atoms with Crippen molar-refractivity contribution >= 4 is 11.9 Å². The third-order valence-corrected chi connectivity index (χ3v) is 10.5. The van der Waals surface area contributed by atoms with Crippen LogP contribution >= 0.6 is 0 Å². The monoisotopic (exact) mass is 633 g/mol. The predicted octanol–water partition coefficient (Wildman–Crippen LogP) is -1.24. The quantitative estimate of drug-likeness (QED) is 0.210. The first-order valence-corrected chi connectivity index (χ1v) is 15.7. The van der Waals surface area contributed by atoms with Gasteiger partial charge in [-0.15, -0.1) is 0 Å². The number of quaternary nitrogens is 2. The summed E-state index contributed by atoms with van der Waals surface area (Å²) in [7, 11) is 1.53. The summed E-state index contributed by atoms with van der Waals surface area (Å²) in [5.41, 5.74) is 0.339. The lowest BCUT2D eigenvalue weighted by Gasteiger charge is -2.48. The molecule has 3 fully saturated rings. The van der Waals surface area contributed by atoms with Crippen LogP contribution in [0.4, 0.5) is 13.2 Å². The number of rotatable bonds is 6. The number of hydrogen-bond donors (Lipinski definition) is 4. The van der Waals surface area contributed by atoms with Gasteiger partial charge in [0, 0.05) is 49.5 Å². The largest absolute Gasteiger partial charge is 0.542 e. The number of aliphatic carboxylic acids is 1. The van der Waals surface area contributed by atoms with Gasteiger partial charge in [-0.2, -0.15) is 13.2 Å². The number of methoxy groups -OCH3 is 1. The fourth-order valence-electron chi connectivity index (χ4n) is 8.36. The van der Waals surface area contributed by atoms with Crippen molar-refractivity contribution in [2.75, 3.05) is 33.3 Å². The highest BCUT2D eigenvalue weighted by molar-refractivity contribution is 5.75. The fraction of sp³-hybridized carbons (Fsp3) is 0.806. The zero-order valence-corrected chi connectivity index (χ0v) is 26.1. The molecule has 13 heteroatoms. The minimum absolute atomic E-state index is 0.000309. The van der Waals surface area contributed by atoms with Gasteiger partial charge in [-0.25, -0.2) is 4.79 Å². The normalized spacial score (nSPS) is 42.3. The number of cyclic esters (lactones) is 1. The molecule has 3 aliphatic heterocycles. The zero-order valence-electron chi connectivity index (χ0n) is 26.1. The number of aliphatic hydroxyl groups is 2. The first kappa shape index (κ1) is 34.8. The van der Waals surface area contributed by atoms with Gasteiger partial charge in [0.2, 0.25) is 0 Å². The van der Waals surface area contributed by atoms with Crippen molar-refractivity contribution in [1.29, 1.82) is 0 Å². The fourth-order valence-corrected chi connectivity index (χ4v) is 8.36. The molecule has 44 heavy (non-hydrogen) atoms. The van der Waals surface area contributed by atoms with Gasteiger partial charge in [0.15, 0.2) is 6.10 Å². The molecule has 0 aromatic rings. The molecule has 2 saturated heterocycles. The van der Waals surface area contributed by atoms with E-state index in [4.69, 9.17) is 24.1 Å². The Labute approximate surface area is 256 Å². The number of carbonyl (C=O) groups excluding carboxylic acids is 2. The van der Waals surface area contributed by atoms with Crippen LogP contribution in [0.5, 0.6) is 0 Å². The molecule has 1 saturated carbocycles. The Bertz CT molecular complexity index is 1090. The van der Waals surface area contributed by atoms with E-state index in [1.165, 1.54) is 33.0 Å². The summed E-state index contributed by atoms with van der Waals surface area (Å²) in [4.78, 5) is 23.6. The number of nitrogens with one attached hydrogen (secondary N) is 1. The van der Waals surface area contributed by atoms with Gasteiger partial charge >= 0.3 is 12.1 Å². The molecule has 5 rings (SSSR count). The van der Waals surface area contributed by atoms with E-state index in [-0.39, 0.29) is 41.7 Å². The Morgan fingerprint density at radius 2 is 1.91 bits per heavy atom. The summed E-state index contributed by atoms with van der Waals surface area (Å²) < 4.78 is 50.1. The second kappa shape index (κ2) is 13.8. The summed E-state index contributed by atoms with van der Waals surface area (Å²) in [6.45, 7) is 12.6. The van der Waals surface area contributed by atoms with Gasteiger partial charge < -0.3 is 44.5 Å². The second-order valence-electron chi connectivity index (χ2n) is 13.2.